The van der Waals surface area contributed by atoms with Gasteiger partial charge in [0.05, 0.1) is 9.37 Å². The molecule has 0 bridgehead atoms. The second-order valence-corrected chi connectivity index (χ2v) is 6.48. The van der Waals surface area contributed by atoms with Crippen molar-refractivity contribution in [2.75, 3.05) is 13.1 Å². The molecule has 0 saturated carbocycles. The number of sulfonamides is 1. The van der Waals surface area contributed by atoms with E-state index in [9.17, 15) is 12.8 Å². The summed E-state index contributed by atoms with van der Waals surface area (Å²) in [4.78, 5) is 0.141. The Morgan fingerprint density at radius 1 is 1.25 bits per heavy atom. The van der Waals surface area contributed by atoms with E-state index in [0.29, 0.717) is 13.1 Å². The minimum absolute atomic E-state index is 0.141. The van der Waals surface area contributed by atoms with Gasteiger partial charge in [-0.2, -0.15) is 4.31 Å². The first-order chi connectivity index (χ1) is 7.51. The average Bonchev–Trinajstić information content (AvgIpc) is 2.75. The first-order valence-corrected chi connectivity index (χ1v) is 7.20. The van der Waals surface area contributed by atoms with E-state index in [1.807, 2.05) is 0 Å². The van der Waals surface area contributed by atoms with Gasteiger partial charge in [-0.25, -0.2) is 12.8 Å². The molecular weight excluding hydrogens is 297 g/mol. The summed E-state index contributed by atoms with van der Waals surface area (Å²) in [7, 11) is -3.44. The highest BCUT2D eigenvalue weighted by Crippen LogP contribution is 2.24. The van der Waals surface area contributed by atoms with Gasteiger partial charge >= 0.3 is 0 Å². The molecule has 0 spiro atoms. The summed E-state index contributed by atoms with van der Waals surface area (Å²) in [6.07, 6.45) is 1.78. The van der Waals surface area contributed by atoms with E-state index in [1.165, 1.54) is 16.4 Å². The quantitative estimate of drug-likeness (QED) is 0.841. The van der Waals surface area contributed by atoms with Crippen molar-refractivity contribution < 1.29 is 12.8 Å². The van der Waals surface area contributed by atoms with Crippen LogP contribution in [0.5, 0.6) is 0 Å². The standard InChI is InChI=1S/C10H11BrFNO2S/c11-9-7-8(3-4-10(9)12)16(14,15)13-5-1-2-6-13/h3-4,7H,1-2,5-6H2. The van der Waals surface area contributed by atoms with Crippen molar-refractivity contribution in [3.05, 3.63) is 28.5 Å². The lowest BCUT2D eigenvalue weighted by molar-refractivity contribution is 0.477. The van der Waals surface area contributed by atoms with E-state index in [4.69, 9.17) is 0 Å². The Morgan fingerprint density at radius 3 is 2.44 bits per heavy atom. The molecule has 1 aliphatic rings. The van der Waals surface area contributed by atoms with Gasteiger partial charge < -0.3 is 0 Å². The minimum atomic E-state index is -3.44. The Bertz CT molecular complexity index is 498. The second-order valence-electron chi connectivity index (χ2n) is 3.69. The van der Waals surface area contributed by atoms with Crippen molar-refractivity contribution >= 4 is 26.0 Å². The molecule has 2 rings (SSSR count). The zero-order chi connectivity index (χ0) is 11.8. The number of halogens is 2. The summed E-state index contributed by atoms with van der Waals surface area (Å²) in [5, 5.41) is 0. The van der Waals surface area contributed by atoms with E-state index in [0.717, 1.165) is 18.9 Å². The van der Waals surface area contributed by atoms with Gasteiger partial charge in [-0.15, -0.1) is 0 Å². The van der Waals surface area contributed by atoms with E-state index in [-0.39, 0.29) is 9.37 Å². The molecule has 0 amide bonds. The Kier molecular flexibility index (Phi) is 3.32. The minimum Gasteiger partial charge on any atom is -0.207 e. The molecule has 1 heterocycles. The van der Waals surface area contributed by atoms with Crippen LogP contribution in [0.1, 0.15) is 12.8 Å². The number of nitrogens with zero attached hydrogens (tertiary/aromatic N) is 1. The van der Waals surface area contributed by atoms with Crippen LogP contribution in [0.3, 0.4) is 0 Å². The Labute approximate surface area is 102 Å². The first-order valence-electron chi connectivity index (χ1n) is 4.97. The van der Waals surface area contributed by atoms with Gasteiger partial charge in [0.25, 0.3) is 0 Å². The van der Waals surface area contributed by atoms with Crippen molar-refractivity contribution in [3.8, 4) is 0 Å². The summed E-state index contributed by atoms with van der Waals surface area (Å²) in [6, 6.07) is 3.77. The lowest BCUT2D eigenvalue weighted by Gasteiger charge is -2.15. The van der Waals surface area contributed by atoms with Crippen LogP contribution in [-0.2, 0) is 10.0 Å². The van der Waals surface area contributed by atoms with Gasteiger partial charge in [-0.1, -0.05) is 0 Å². The third-order valence-corrected chi connectivity index (χ3v) is 5.10. The molecule has 1 aliphatic heterocycles. The van der Waals surface area contributed by atoms with Crippen molar-refractivity contribution in [1.82, 2.24) is 4.31 Å². The number of hydrogen-bond acceptors (Lipinski definition) is 2. The molecule has 0 unspecified atom stereocenters. The Balaban J connectivity index is 2.39. The zero-order valence-corrected chi connectivity index (χ0v) is 10.9. The number of hydrogen-bond donors (Lipinski definition) is 0. The van der Waals surface area contributed by atoms with Crippen LogP contribution in [-0.4, -0.2) is 25.8 Å². The molecule has 1 saturated heterocycles. The molecule has 88 valence electrons. The van der Waals surface area contributed by atoms with Gasteiger partial charge in [0.1, 0.15) is 5.82 Å². The maximum atomic E-state index is 13.0. The highest BCUT2D eigenvalue weighted by Gasteiger charge is 2.27. The molecule has 1 aromatic carbocycles. The number of rotatable bonds is 2. The monoisotopic (exact) mass is 307 g/mol. The van der Waals surface area contributed by atoms with Crippen molar-refractivity contribution in [2.45, 2.75) is 17.7 Å². The maximum Gasteiger partial charge on any atom is 0.243 e. The lowest BCUT2D eigenvalue weighted by Crippen LogP contribution is -2.27. The van der Waals surface area contributed by atoms with Crippen molar-refractivity contribution in [1.29, 1.82) is 0 Å². The van der Waals surface area contributed by atoms with Gasteiger partial charge in [-0.05, 0) is 47.0 Å². The largest absolute Gasteiger partial charge is 0.243 e. The highest BCUT2D eigenvalue weighted by atomic mass is 79.9. The molecule has 1 fully saturated rings. The van der Waals surface area contributed by atoms with Crippen LogP contribution in [0.15, 0.2) is 27.6 Å². The summed E-state index contributed by atoms with van der Waals surface area (Å²) in [5.41, 5.74) is 0. The fourth-order valence-electron chi connectivity index (χ4n) is 1.71. The molecule has 0 N–H and O–H groups in total. The molecule has 0 atom stereocenters. The van der Waals surface area contributed by atoms with Gasteiger partial charge in [-0.3, -0.25) is 0 Å². The van der Waals surface area contributed by atoms with Crippen LogP contribution in [0.2, 0.25) is 0 Å². The SMILES string of the molecule is O=S(=O)(c1ccc(F)c(Br)c1)N1CCCC1. The third kappa shape index (κ3) is 2.14. The van der Waals surface area contributed by atoms with E-state index in [2.05, 4.69) is 15.9 Å². The molecule has 0 radical (unpaired) electrons. The summed E-state index contributed by atoms with van der Waals surface area (Å²) in [5.74, 6) is -0.458. The molecular formula is C10H11BrFNO2S. The van der Waals surface area contributed by atoms with E-state index < -0.39 is 15.8 Å². The van der Waals surface area contributed by atoms with Gasteiger partial charge in [0, 0.05) is 13.1 Å². The van der Waals surface area contributed by atoms with Crippen molar-refractivity contribution in [3.63, 3.8) is 0 Å². The average molecular weight is 308 g/mol. The molecule has 1 aromatic rings. The van der Waals surface area contributed by atoms with Crippen molar-refractivity contribution in [2.24, 2.45) is 0 Å². The molecule has 3 nitrogen and oxygen atoms in total. The molecule has 0 aliphatic carbocycles. The third-order valence-electron chi connectivity index (χ3n) is 2.59. The molecule has 0 aromatic heterocycles. The van der Waals surface area contributed by atoms with E-state index >= 15 is 0 Å². The second kappa shape index (κ2) is 4.43. The van der Waals surface area contributed by atoms with Gasteiger partial charge in [0.2, 0.25) is 10.0 Å². The zero-order valence-electron chi connectivity index (χ0n) is 8.49. The smallest absolute Gasteiger partial charge is 0.207 e. The van der Waals surface area contributed by atoms with Crippen LogP contribution < -0.4 is 0 Å². The fraction of sp³-hybridized carbons (Fsp3) is 0.400. The topological polar surface area (TPSA) is 37.4 Å². The van der Waals surface area contributed by atoms with Crippen LogP contribution in [0, 0.1) is 5.82 Å². The Morgan fingerprint density at radius 2 is 1.88 bits per heavy atom. The normalized spacial score (nSPS) is 17.9. The summed E-state index contributed by atoms with van der Waals surface area (Å²) >= 11 is 2.99. The number of benzene rings is 1. The predicted octanol–water partition coefficient (Wildman–Crippen LogP) is 2.37. The van der Waals surface area contributed by atoms with E-state index in [1.54, 1.807) is 0 Å². The molecule has 16 heavy (non-hydrogen) atoms. The predicted molar refractivity (Wildman–Crippen MR) is 62.1 cm³/mol. The summed E-state index contributed by atoms with van der Waals surface area (Å²) < 4.78 is 38.8. The maximum absolute atomic E-state index is 13.0. The van der Waals surface area contributed by atoms with Crippen LogP contribution in [0.4, 0.5) is 4.39 Å². The van der Waals surface area contributed by atoms with Crippen LogP contribution >= 0.6 is 15.9 Å². The molecule has 6 heteroatoms. The fourth-order valence-corrected chi connectivity index (χ4v) is 3.79. The first kappa shape index (κ1) is 12.0. The van der Waals surface area contributed by atoms with Gasteiger partial charge in [0.15, 0.2) is 0 Å². The summed E-state index contributed by atoms with van der Waals surface area (Å²) in [6.45, 7) is 1.11. The Hall–Kier alpha value is -0.460. The highest BCUT2D eigenvalue weighted by molar-refractivity contribution is 9.10. The van der Waals surface area contributed by atoms with Crippen LogP contribution in [0.25, 0.3) is 0 Å². The lowest BCUT2D eigenvalue weighted by atomic mass is 10.3.